The van der Waals surface area contributed by atoms with Crippen LogP contribution in [-0.4, -0.2) is 52.2 Å². The van der Waals surface area contributed by atoms with Gasteiger partial charge in [-0.25, -0.2) is 19.7 Å². The lowest BCUT2D eigenvalue weighted by atomic mass is 10.3. The lowest BCUT2D eigenvalue weighted by molar-refractivity contribution is 0.0690. The third kappa shape index (κ3) is 2.98. The van der Waals surface area contributed by atoms with Gasteiger partial charge in [0.1, 0.15) is 5.82 Å². The van der Waals surface area contributed by atoms with Crippen molar-refractivity contribution in [1.29, 1.82) is 0 Å². The van der Waals surface area contributed by atoms with Crippen LogP contribution in [0.25, 0.3) is 0 Å². The molecule has 1 N–H and O–H groups in total. The van der Waals surface area contributed by atoms with Gasteiger partial charge in [-0.05, 0) is 25.1 Å². The van der Waals surface area contributed by atoms with Crippen LogP contribution in [0.1, 0.15) is 16.2 Å². The normalized spacial score (nSPS) is 15.0. The van der Waals surface area contributed by atoms with E-state index in [1.165, 1.54) is 6.07 Å². The Labute approximate surface area is 128 Å². The van der Waals surface area contributed by atoms with Gasteiger partial charge in [-0.2, -0.15) is 0 Å². The average Bonchev–Trinajstić information content (AvgIpc) is 2.55. The molecule has 2 aromatic rings. The molecule has 0 atom stereocenters. The summed E-state index contributed by atoms with van der Waals surface area (Å²) >= 11 is 0. The Morgan fingerprint density at radius 3 is 2.50 bits per heavy atom. The molecule has 1 aliphatic heterocycles. The highest BCUT2D eigenvalue weighted by Gasteiger charge is 2.21. The standard InChI is InChI=1S/C15H17N5O2/c1-11-10-12(14(21)22)18-15(17-11)20-8-6-19(7-9-20)13-4-2-3-5-16-13/h2-5,10H,6-9H2,1H3,(H,21,22). The number of carboxylic acid groups (broad SMARTS) is 1. The van der Waals surface area contributed by atoms with Crippen LogP contribution in [0.2, 0.25) is 0 Å². The summed E-state index contributed by atoms with van der Waals surface area (Å²) in [6, 6.07) is 7.34. The maximum absolute atomic E-state index is 11.1. The minimum Gasteiger partial charge on any atom is -0.477 e. The molecule has 3 rings (SSSR count). The Balaban J connectivity index is 1.73. The molecule has 22 heavy (non-hydrogen) atoms. The summed E-state index contributed by atoms with van der Waals surface area (Å²) in [5.74, 6) is 0.412. The molecule has 1 fully saturated rings. The summed E-state index contributed by atoms with van der Waals surface area (Å²) in [5, 5.41) is 9.10. The molecule has 7 nitrogen and oxygen atoms in total. The van der Waals surface area contributed by atoms with Crippen molar-refractivity contribution in [2.45, 2.75) is 6.92 Å². The molecule has 0 aliphatic carbocycles. The first kappa shape index (κ1) is 14.2. The van der Waals surface area contributed by atoms with Gasteiger partial charge in [0.2, 0.25) is 5.95 Å². The largest absolute Gasteiger partial charge is 0.477 e. The highest BCUT2D eigenvalue weighted by molar-refractivity contribution is 5.85. The zero-order valence-corrected chi connectivity index (χ0v) is 12.3. The molecule has 0 unspecified atom stereocenters. The molecule has 0 spiro atoms. The summed E-state index contributed by atoms with van der Waals surface area (Å²) in [6.45, 7) is 4.85. The second-order valence-electron chi connectivity index (χ2n) is 5.16. The predicted octanol–water partition coefficient (Wildman–Crippen LogP) is 1.20. The average molecular weight is 299 g/mol. The Bertz CT molecular complexity index is 669. The lowest BCUT2D eigenvalue weighted by Gasteiger charge is -2.35. The fourth-order valence-corrected chi connectivity index (χ4v) is 2.48. The van der Waals surface area contributed by atoms with Crippen molar-refractivity contribution in [3.05, 3.63) is 41.9 Å². The fraction of sp³-hybridized carbons (Fsp3) is 0.333. The number of nitrogens with zero attached hydrogens (tertiary/aromatic N) is 5. The Morgan fingerprint density at radius 1 is 1.14 bits per heavy atom. The van der Waals surface area contributed by atoms with E-state index >= 15 is 0 Å². The lowest BCUT2D eigenvalue weighted by Crippen LogP contribution is -2.47. The third-order valence-corrected chi connectivity index (χ3v) is 3.60. The zero-order valence-electron chi connectivity index (χ0n) is 12.3. The molecule has 0 bridgehead atoms. The Hall–Kier alpha value is -2.70. The third-order valence-electron chi connectivity index (χ3n) is 3.60. The van der Waals surface area contributed by atoms with Gasteiger partial charge in [0, 0.05) is 38.1 Å². The van der Waals surface area contributed by atoms with E-state index in [1.54, 1.807) is 13.1 Å². The number of pyridine rings is 1. The second kappa shape index (κ2) is 5.97. The molecule has 0 aromatic carbocycles. The first-order valence-corrected chi connectivity index (χ1v) is 7.13. The molecule has 7 heteroatoms. The second-order valence-corrected chi connectivity index (χ2v) is 5.16. The quantitative estimate of drug-likeness (QED) is 0.912. The monoisotopic (exact) mass is 299 g/mol. The Kier molecular flexibility index (Phi) is 3.86. The minimum atomic E-state index is -1.03. The first-order chi connectivity index (χ1) is 10.6. The zero-order chi connectivity index (χ0) is 15.5. The number of hydrogen-bond acceptors (Lipinski definition) is 6. The molecule has 3 heterocycles. The van der Waals surface area contributed by atoms with Gasteiger partial charge in [0.15, 0.2) is 5.69 Å². The number of rotatable bonds is 3. The minimum absolute atomic E-state index is 0.0367. The smallest absolute Gasteiger partial charge is 0.354 e. The van der Waals surface area contributed by atoms with E-state index in [9.17, 15) is 4.79 Å². The van der Waals surface area contributed by atoms with Gasteiger partial charge in [-0.3, -0.25) is 0 Å². The molecular weight excluding hydrogens is 282 g/mol. The van der Waals surface area contributed by atoms with Crippen LogP contribution in [0.5, 0.6) is 0 Å². The van der Waals surface area contributed by atoms with Crippen molar-refractivity contribution >= 4 is 17.7 Å². The fourth-order valence-electron chi connectivity index (χ4n) is 2.48. The molecule has 114 valence electrons. The molecule has 0 radical (unpaired) electrons. The van der Waals surface area contributed by atoms with Crippen molar-refractivity contribution in [2.24, 2.45) is 0 Å². The van der Waals surface area contributed by atoms with Gasteiger partial charge >= 0.3 is 5.97 Å². The van der Waals surface area contributed by atoms with Gasteiger partial charge in [-0.1, -0.05) is 6.07 Å². The van der Waals surface area contributed by atoms with Gasteiger partial charge < -0.3 is 14.9 Å². The number of aryl methyl sites for hydroxylation is 1. The van der Waals surface area contributed by atoms with E-state index in [0.29, 0.717) is 11.6 Å². The van der Waals surface area contributed by atoms with E-state index in [2.05, 4.69) is 19.9 Å². The number of carbonyl (C=O) groups is 1. The molecule has 1 aliphatic rings. The molecular formula is C15H17N5O2. The van der Waals surface area contributed by atoms with Crippen molar-refractivity contribution in [1.82, 2.24) is 15.0 Å². The number of anilines is 2. The van der Waals surface area contributed by atoms with Gasteiger partial charge in [0.25, 0.3) is 0 Å². The van der Waals surface area contributed by atoms with Gasteiger partial charge in [0.05, 0.1) is 0 Å². The highest BCUT2D eigenvalue weighted by atomic mass is 16.4. The number of piperazine rings is 1. The van der Waals surface area contributed by atoms with E-state index in [-0.39, 0.29) is 5.69 Å². The van der Waals surface area contributed by atoms with Crippen molar-refractivity contribution < 1.29 is 9.90 Å². The van der Waals surface area contributed by atoms with Crippen molar-refractivity contribution in [3.63, 3.8) is 0 Å². The molecule has 0 amide bonds. The summed E-state index contributed by atoms with van der Waals surface area (Å²) in [5.41, 5.74) is 0.698. The Morgan fingerprint density at radius 2 is 1.86 bits per heavy atom. The summed E-state index contributed by atoms with van der Waals surface area (Å²) in [4.78, 5) is 28.2. The molecule has 0 saturated carbocycles. The van der Waals surface area contributed by atoms with E-state index in [1.807, 2.05) is 23.1 Å². The van der Waals surface area contributed by atoms with Crippen LogP contribution >= 0.6 is 0 Å². The number of carboxylic acids is 1. The summed E-state index contributed by atoms with van der Waals surface area (Å²) in [7, 11) is 0. The predicted molar refractivity (Wildman–Crippen MR) is 82.4 cm³/mol. The van der Waals surface area contributed by atoms with Crippen LogP contribution in [0, 0.1) is 6.92 Å². The van der Waals surface area contributed by atoms with Crippen molar-refractivity contribution in [2.75, 3.05) is 36.0 Å². The first-order valence-electron chi connectivity index (χ1n) is 7.13. The molecule has 2 aromatic heterocycles. The van der Waals surface area contributed by atoms with Crippen LogP contribution in [0.3, 0.4) is 0 Å². The van der Waals surface area contributed by atoms with E-state index in [0.717, 1.165) is 32.0 Å². The van der Waals surface area contributed by atoms with E-state index < -0.39 is 5.97 Å². The van der Waals surface area contributed by atoms with Crippen LogP contribution in [0.15, 0.2) is 30.5 Å². The maximum Gasteiger partial charge on any atom is 0.354 e. The van der Waals surface area contributed by atoms with E-state index in [4.69, 9.17) is 5.11 Å². The summed E-state index contributed by atoms with van der Waals surface area (Å²) in [6.07, 6.45) is 1.78. The number of hydrogen-bond donors (Lipinski definition) is 1. The van der Waals surface area contributed by atoms with Crippen LogP contribution < -0.4 is 9.80 Å². The SMILES string of the molecule is Cc1cc(C(=O)O)nc(N2CCN(c3ccccn3)CC2)n1. The maximum atomic E-state index is 11.1. The summed E-state index contributed by atoms with van der Waals surface area (Å²) < 4.78 is 0. The topological polar surface area (TPSA) is 82.5 Å². The number of aromatic nitrogens is 3. The number of aromatic carboxylic acids is 1. The van der Waals surface area contributed by atoms with Crippen LogP contribution in [-0.2, 0) is 0 Å². The van der Waals surface area contributed by atoms with Crippen molar-refractivity contribution in [3.8, 4) is 0 Å². The molecule has 1 saturated heterocycles. The van der Waals surface area contributed by atoms with Gasteiger partial charge in [-0.15, -0.1) is 0 Å². The van der Waals surface area contributed by atoms with Crippen LogP contribution in [0.4, 0.5) is 11.8 Å². The highest BCUT2D eigenvalue weighted by Crippen LogP contribution is 2.16.